The van der Waals surface area contributed by atoms with E-state index in [9.17, 15) is 4.79 Å². The van der Waals surface area contributed by atoms with E-state index >= 15 is 0 Å². The van der Waals surface area contributed by atoms with E-state index in [2.05, 4.69) is 5.32 Å². The van der Waals surface area contributed by atoms with Crippen LogP contribution in [0.2, 0.25) is 0 Å². The first kappa shape index (κ1) is 15.9. The summed E-state index contributed by atoms with van der Waals surface area (Å²) in [5, 5.41) is 2.85. The summed E-state index contributed by atoms with van der Waals surface area (Å²) in [7, 11) is 1.58. The van der Waals surface area contributed by atoms with Gasteiger partial charge in [-0.05, 0) is 29.3 Å². The van der Waals surface area contributed by atoms with Crippen LogP contribution in [0.25, 0.3) is 6.08 Å². The number of fused-ring (bicyclic) bond motifs is 1. The molecule has 1 heterocycles. The van der Waals surface area contributed by atoms with Crippen LogP contribution in [0.3, 0.4) is 0 Å². The zero-order valence-corrected chi connectivity index (χ0v) is 13.5. The van der Waals surface area contributed by atoms with Gasteiger partial charge in [0.25, 0.3) is 0 Å². The van der Waals surface area contributed by atoms with E-state index in [1.807, 2.05) is 42.5 Å². The van der Waals surface area contributed by atoms with Gasteiger partial charge in [0.05, 0.1) is 7.11 Å². The molecular weight excluding hydrogens is 306 g/mol. The molecule has 0 aromatic heterocycles. The van der Waals surface area contributed by atoms with Gasteiger partial charge in [0.2, 0.25) is 11.7 Å². The van der Waals surface area contributed by atoms with Crippen LogP contribution in [-0.2, 0) is 11.3 Å². The van der Waals surface area contributed by atoms with Gasteiger partial charge in [-0.3, -0.25) is 4.79 Å². The fraction of sp³-hybridized carbons (Fsp3) is 0.211. The van der Waals surface area contributed by atoms with Gasteiger partial charge in [0.1, 0.15) is 13.2 Å². The highest BCUT2D eigenvalue weighted by Gasteiger charge is 2.17. The van der Waals surface area contributed by atoms with Crippen molar-refractivity contribution in [1.82, 2.24) is 5.32 Å². The van der Waals surface area contributed by atoms with E-state index in [0.29, 0.717) is 37.0 Å². The third-order valence-corrected chi connectivity index (χ3v) is 3.59. The molecule has 24 heavy (non-hydrogen) atoms. The summed E-state index contributed by atoms with van der Waals surface area (Å²) in [5.74, 6) is 1.67. The standard InChI is InChI=1S/C19H19NO4/c1-22-16-11-15(12-17-19(16)24-10-9-23-17)7-8-18(21)20-13-14-5-3-2-4-6-14/h2-8,11-12H,9-10,13H2,1H3,(H,20,21)/b8-7+. The molecule has 1 aliphatic rings. The Morgan fingerprint density at radius 3 is 2.79 bits per heavy atom. The van der Waals surface area contributed by atoms with E-state index in [4.69, 9.17) is 14.2 Å². The fourth-order valence-electron chi connectivity index (χ4n) is 2.41. The summed E-state index contributed by atoms with van der Waals surface area (Å²) in [6.07, 6.45) is 3.22. The third kappa shape index (κ3) is 3.87. The lowest BCUT2D eigenvalue weighted by Crippen LogP contribution is -2.20. The molecule has 0 spiro atoms. The Bertz CT molecular complexity index is 723. The normalized spacial score (nSPS) is 12.9. The van der Waals surface area contributed by atoms with E-state index in [-0.39, 0.29) is 5.91 Å². The van der Waals surface area contributed by atoms with Gasteiger partial charge in [0.15, 0.2) is 11.5 Å². The molecule has 1 N–H and O–H groups in total. The maximum absolute atomic E-state index is 11.9. The molecule has 0 saturated carbocycles. The molecule has 1 amide bonds. The molecule has 2 aromatic carbocycles. The van der Waals surface area contributed by atoms with E-state index in [0.717, 1.165) is 11.1 Å². The lowest BCUT2D eigenvalue weighted by atomic mass is 10.1. The van der Waals surface area contributed by atoms with Crippen LogP contribution in [0.15, 0.2) is 48.5 Å². The molecule has 0 fully saturated rings. The number of amides is 1. The van der Waals surface area contributed by atoms with Crippen molar-refractivity contribution in [2.45, 2.75) is 6.54 Å². The van der Waals surface area contributed by atoms with Crippen molar-refractivity contribution in [2.75, 3.05) is 20.3 Å². The Morgan fingerprint density at radius 1 is 1.21 bits per heavy atom. The molecule has 1 aliphatic heterocycles. The van der Waals surface area contributed by atoms with Crippen LogP contribution in [-0.4, -0.2) is 26.2 Å². The number of nitrogens with one attached hydrogen (secondary N) is 1. The van der Waals surface area contributed by atoms with Gasteiger partial charge >= 0.3 is 0 Å². The van der Waals surface area contributed by atoms with Crippen molar-refractivity contribution >= 4 is 12.0 Å². The number of ether oxygens (including phenoxy) is 3. The van der Waals surface area contributed by atoms with Crippen LogP contribution in [0.5, 0.6) is 17.2 Å². The Balaban J connectivity index is 1.66. The first-order valence-electron chi connectivity index (χ1n) is 7.74. The number of methoxy groups -OCH3 is 1. The predicted octanol–water partition coefficient (Wildman–Crippen LogP) is 2.80. The summed E-state index contributed by atoms with van der Waals surface area (Å²) in [4.78, 5) is 11.9. The smallest absolute Gasteiger partial charge is 0.244 e. The summed E-state index contributed by atoms with van der Waals surface area (Å²) in [5.41, 5.74) is 1.87. The summed E-state index contributed by atoms with van der Waals surface area (Å²) in [6, 6.07) is 13.4. The lowest BCUT2D eigenvalue weighted by molar-refractivity contribution is -0.116. The Kier molecular flexibility index (Phi) is 5.01. The number of benzene rings is 2. The van der Waals surface area contributed by atoms with Gasteiger partial charge in [-0.15, -0.1) is 0 Å². The summed E-state index contributed by atoms with van der Waals surface area (Å²) in [6.45, 7) is 1.50. The van der Waals surface area contributed by atoms with Gasteiger partial charge in [-0.2, -0.15) is 0 Å². The molecule has 0 radical (unpaired) electrons. The molecule has 5 heteroatoms. The van der Waals surface area contributed by atoms with Crippen LogP contribution < -0.4 is 19.5 Å². The molecule has 0 saturated heterocycles. The first-order chi connectivity index (χ1) is 11.8. The van der Waals surface area contributed by atoms with Crippen molar-refractivity contribution in [3.8, 4) is 17.2 Å². The maximum atomic E-state index is 11.9. The van der Waals surface area contributed by atoms with E-state index in [1.54, 1.807) is 13.2 Å². The lowest BCUT2D eigenvalue weighted by Gasteiger charge is -2.20. The molecule has 3 rings (SSSR count). The highest BCUT2D eigenvalue weighted by atomic mass is 16.6. The van der Waals surface area contributed by atoms with Crippen LogP contribution in [0, 0.1) is 0 Å². The van der Waals surface area contributed by atoms with Gasteiger partial charge < -0.3 is 19.5 Å². The fourth-order valence-corrected chi connectivity index (χ4v) is 2.41. The zero-order chi connectivity index (χ0) is 16.8. The van der Waals surface area contributed by atoms with Crippen LogP contribution >= 0.6 is 0 Å². The number of hydrogen-bond acceptors (Lipinski definition) is 4. The highest BCUT2D eigenvalue weighted by Crippen LogP contribution is 2.40. The maximum Gasteiger partial charge on any atom is 0.244 e. The van der Waals surface area contributed by atoms with Crippen LogP contribution in [0.4, 0.5) is 0 Å². The SMILES string of the molecule is COc1cc(/C=C/C(=O)NCc2ccccc2)cc2c1OCCO2. The molecule has 2 aromatic rings. The van der Waals surface area contributed by atoms with Crippen LogP contribution in [0.1, 0.15) is 11.1 Å². The Morgan fingerprint density at radius 2 is 2.00 bits per heavy atom. The predicted molar refractivity (Wildman–Crippen MR) is 91.3 cm³/mol. The van der Waals surface area contributed by atoms with Crippen molar-refractivity contribution in [1.29, 1.82) is 0 Å². The van der Waals surface area contributed by atoms with Gasteiger partial charge in [0, 0.05) is 12.6 Å². The minimum atomic E-state index is -0.160. The second-order valence-corrected chi connectivity index (χ2v) is 5.28. The first-order valence-corrected chi connectivity index (χ1v) is 7.74. The molecule has 0 bridgehead atoms. The Labute approximate surface area is 140 Å². The molecule has 5 nitrogen and oxygen atoms in total. The molecular formula is C19H19NO4. The average molecular weight is 325 g/mol. The number of rotatable bonds is 5. The minimum absolute atomic E-state index is 0.160. The quantitative estimate of drug-likeness (QED) is 0.859. The number of carbonyl (C=O) groups is 1. The van der Waals surface area contributed by atoms with Crippen molar-refractivity contribution in [3.63, 3.8) is 0 Å². The van der Waals surface area contributed by atoms with Crippen molar-refractivity contribution in [2.24, 2.45) is 0 Å². The molecule has 0 aliphatic carbocycles. The van der Waals surface area contributed by atoms with Gasteiger partial charge in [-0.1, -0.05) is 30.3 Å². The molecule has 0 unspecified atom stereocenters. The minimum Gasteiger partial charge on any atom is -0.493 e. The van der Waals surface area contributed by atoms with Gasteiger partial charge in [-0.25, -0.2) is 0 Å². The summed E-state index contributed by atoms with van der Waals surface area (Å²) >= 11 is 0. The van der Waals surface area contributed by atoms with Crippen molar-refractivity contribution < 1.29 is 19.0 Å². The second-order valence-electron chi connectivity index (χ2n) is 5.28. The topological polar surface area (TPSA) is 56.8 Å². The average Bonchev–Trinajstić information content (AvgIpc) is 2.64. The molecule has 124 valence electrons. The summed E-state index contributed by atoms with van der Waals surface area (Å²) < 4.78 is 16.5. The largest absolute Gasteiger partial charge is 0.493 e. The van der Waals surface area contributed by atoms with Crippen molar-refractivity contribution in [3.05, 3.63) is 59.7 Å². The highest BCUT2D eigenvalue weighted by molar-refractivity contribution is 5.91. The third-order valence-electron chi connectivity index (χ3n) is 3.59. The molecule has 0 atom stereocenters. The second kappa shape index (κ2) is 7.55. The zero-order valence-electron chi connectivity index (χ0n) is 13.5. The van der Waals surface area contributed by atoms with E-state index in [1.165, 1.54) is 6.08 Å². The monoisotopic (exact) mass is 325 g/mol. The number of carbonyl (C=O) groups excluding carboxylic acids is 1. The van der Waals surface area contributed by atoms with E-state index < -0.39 is 0 Å². The Hall–Kier alpha value is -2.95. The number of hydrogen-bond donors (Lipinski definition) is 1.